The Bertz CT molecular complexity index is 1260. The monoisotopic (exact) mass is 546 g/mol. The van der Waals surface area contributed by atoms with Crippen LogP contribution in [0.15, 0.2) is 34.5 Å². The number of carbonyl (C=O) groups is 1. The first-order valence-electron chi connectivity index (χ1n) is 10.4. The molecule has 178 valence electrons. The fourth-order valence-electron chi connectivity index (χ4n) is 3.75. The number of sulfonamides is 1. The molecule has 33 heavy (non-hydrogen) atoms. The normalized spacial score (nSPS) is 17.7. The number of likely N-dealkylation sites (N-methyl/N-ethyl adjacent to an activating group) is 1. The molecule has 0 saturated carbocycles. The molecule has 12 heteroatoms. The minimum atomic E-state index is -3.69. The highest BCUT2D eigenvalue weighted by atomic mass is 35.5. The summed E-state index contributed by atoms with van der Waals surface area (Å²) in [6.45, 7) is 1.65. The SMILES string of the molecule is CN(C)CCN(C(=O)C1CCCN(S(=O)(=O)c2ccc(Cl)s2)C1)c1nc2ccc(Cl)cc2s1. The lowest BCUT2D eigenvalue weighted by molar-refractivity contribution is -0.123. The number of carbonyl (C=O) groups excluding carboxylic acids is 1. The van der Waals surface area contributed by atoms with Gasteiger partial charge in [-0.15, -0.1) is 11.3 Å². The van der Waals surface area contributed by atoms with E-state index in [1.54, 1.807) is 17.0 Å². The smallest absolute Gasteiger partial charge is 0.252 e. The molecule has 1 saturated heterocycles. The molecule has 0 bridgehead atoms. The van der Waals surface area contributed by atoms with Crippen molar-refractivity contribution in [1.82, 2.24) is 14.2 Å². The second kappa shape index (κ2) is 10.2. The molecule has 0 N–H and O–H groups in total. The van der Waals surface area contributed by atoms with Gasteiger partial charge in [-0.05, 0) is 57.3 Å². The molecule has 1 aliphatic heterocycles. The predicted molar refractivity (Wildman–Crippen MR) is 136 cm³/mol. The number of amides is 1. The van der Waals surface area contributed by atoms with Gasteiger partial charge in [-0.2, -0.15) is 4.31 Å². The number of hydrogen-bond donors (Lipinski definition) is 0. The van der Waals surface area contributed by atoms with Crippen LogP contribution in [0.5, 0.6) is 0 Å². The van der Waals surface area contributed by atoms with Crippen LogP contribution in [-0.4, -0.2) is 68.8 Å². The molecule has 1 aliphatic rings. The van der Waals surface area contributed by atoms with Gasteiger partial charge >= 0.3 is 0 Å². The molecule has 1 aromatic carbocycles. The molecule has 0 aliphatic carbocycles. The Morgan fingerprint density at radius 2 is 1.97 bits per heavy atom. The molecule has 1 amide bonds. The predicted octanol–water partition coefficient (Wildman–Crippen LogP) is 4.66. The van der Waals surface area contributed by atoms with Crippen LogP contribution in [0.3, 0.4) is 0 Å². The Morgan fingerprint density at radius 1 is 1.18 bits per heavy atom. The Morgan fingerprint density at radius 3 is 2.67 bits per heavy atom. The maximum Gasteiger partial charge on any atom is 0.252 e. The van der Waals surface area contributed by atoms with Gasteiger partial charge in [0.25, 0.3) is 10.0 Å². The third kappa shape index (κ3) is 5.53. The van der Waals surface area contributed by atoms with E-state index in [1.165, 1.54) is 21.7 Å². The summed E-state index contributed by atoms with van der Waals surface area (Å²) in [5.41, 5.74) is 0.782. The lowest BCUT2D eigenvalue weighted by Gasteiger charge is -2.33. The zero-order valence-corrected chi connectivity index (χ0v) is 22.2. The Hall–Kier alpha value is -1.27. The zero-order valence-electron chi connectivity index (χ0n) is 18.2. The van der Waals surface area contributed by atoms with Gasteiger partial charge in [0, 0.05) is 31.2 Å². The number of piperidine rings is 1. The minimum absolute atomic E-state index is 0.105. The van der Waals surface area contributed by atoms with E-state index in [0.29, 0.717) is 47.0 Å². The van der Waals surface area contributed by atoms with Crippen LogP contribution in [0.25, 0.3) is 10.2 Å². The molecule has 1 fully saturated rings. The van der Waals surface area contributed by atoms with Crippen molar-refractivity contribution < 1.29 is 13.2 Å². The molecule has 0 radical (unpaired) electrons. The van der Waals surface area contributed by atoms with Crippen molar-refractivity contribution in [3.8, 4) is 0 Å². The quantitative estimate of drug-likeness (QED) is 0.430. The average Bonchev–Trinajstić information content (AvgIpc) is 3.40. The fourth-order valence-corrected chi connectivity index (χ4v) is 8.18. The van der Waals surface area contributed by atoms with Gasteiger partial charge < -0.3 is 4.90 Å². The highest BCUT2D eigenvalue weighted by molar-refractivity contribution is 7.91. The second-order valence-corrected chi connectivity index (χ2v) is 13.5. The Kier molecular flexibility index (Phi) is 7.64. The molecule has 3 aromatic rings. The van der Waals surface area contributed by atoms with Crippen LogP contribution in [0, 0.1) is 5.92 Å². The molecule has 7 nitrogen and oxygen atoms in total. The van der Waals surface area contributed by atoms with Gasteiger partial charge in [0.05, 0.1) is 20.5 Å². The molecular weight excluding hydrogens is 523 g/mol. The molecule has 3 heterocycles. The van der Waals surface area contributed by atoms with Crippen molar-refractivity contribution >= 4 is 77.2 Å². The van der Waals surface area contributed by atoms with Crippen molar-refractivity contribution in [2.75, 3.05) is 45.2 Å². The number of halogens is 2. The summed E-state index contributed by atoms with van der Waals surface area (Å²) >= 11 is 14.5. The fraction of sp³-hybridized carbons (Fsp3) is 0.429. The third-order valence-corrected chi connectivity index (χ3v) is 10.3. The summed E-state index contributed by atoms with van der Waals surface area (Å²) in [6, 6.07) is 8.55. The Labute approximate surface area is 211 Å². The van der Waals surface area contributed by atoms with Crippen LogP contribution in [0.4, 0.5) is 5.13 Å². The molecule has 1 atom stereocenters. The average molecular weight is 548 g/mol. The van der Waals surface area contributed by atoms with Crippen LogP contribution < -0.4 is 4.90 Å². The molecule has 2 aromatic heterocycles. The Balaban J connectivity index is 1.59. The van der Waals surface area contributed by atoms with Gasteiger partial charge in [-0.1, -0.05) is 34.5 Å². The topological polar surface area (TPSA) is 73.8 Å². The number of anilines is 1. The molecule has 4 rings (SSSR count). The number of fused-ring (bicyclic) bond motifs is 1. The number of rotatable bonds is 7. The van der Waals surface area contributed by atoms with Crippen molar-refractivity contribution in [1.29, 1.82) is 0 Å². The lowest BCUT2D eigenvalue weighted by atomic mass is 9.98. The number of thiazole rings is 1. The van der Waals surface area contributed by atoms with Crippen molar-refractivity contribution in [2.24, 2.45) is 5.92 Å². The summed E-state index contributed by atoms with van der Waals surface area (Å²) in [6.07, 6.45) is 1.25. The van der Waals surface area contributed by atoms with E-state index in [2.05, 4.69) is 4.98 Å². The standard InChI is InChI=1S/C21H24Cl2N4O3S3/c1-25(2)10-11-27(21-24-16-6-5-15(22)12-17(16)31-21)20(28)14-4-3-9-26(13-14)33(29,30)19-8-7-18(23)32-19/h5-8,12,14H,3-4,9-11,13H2,1-2H3. The number of benzene rings is 1. The summed E-state index contributed by atoms with van der Waals surface area (Å²) in [5, 5.41) is 1.22. The van der Waals surface area contributed by atoms with Gasteiger partial charge in [-0.25, -0.2) is 13.4 Å². The van der Waals surface area contributed by atoms with E-state index < -0.39 is 15.9 Å². The van der Waals surface area contributed by atoms with Crippen LogP contribution in [-0.2, 0) is 14.8 Å². The van der Waals surface area contributed by atoms with E-state index in [-0.39, 0.29) is 16.7 Å². The molecule has 0 spiro atoms. The number of hydrogen-bond acceptors (Lipinski definition) is 7. The number of thiophene rings is 1. The number of nitrogens with zero attached hydrogens (tertiary/aromatic N) is 4. The van der Waals surface area contributed by atoms with E-state index in [1.807, 2.05) is 31.1 Å². The van der Waals surface area contributed by atoms with E-state index in [9.17, 15) is 13.2 Å². The summed E-state index contributed by atoms with van der Waals surface area (Å²) in [7, 11) is 0.204. The van der Waals surface area contributed by atoms with Crippen molar-refractivity contribution in [2.45, 2.75) is 17.1 Å². The third-order valence-electron chi connectivity index (χ3n) is 5.48. The zero-order chi connectivity index (χ0) is 23.8. The summed E-state index contributed by atoms with van der Waals surface area (Å²) in [5.74, 6) is -0.548. The summed E-state index contributed by atoms with van der Waals surface area (Å²) < 4.78 is 29.1. The first kappa shape index (κ1) is 24.8. The van der Waals surface area contributed by atoms with Gasteiger partial charge in [0.15, 0.2) is 5.13 Å². The van der Waals surface area contributed by atoms with Crippen LogP contribution >= 0.6 is 45.9 Å². The van der Waals surface area contributed by atoms with E-state index in [0.717, 1.165) is 21.6 Å². The van der Waals surface area contributed by atoms with Crippen LogP contribution in [0.2, 0.25) is 9.36 Å². The van der Waals surface area contributed by atoms with E-state index >= 15 is 0 Å². The number of aromatic nitrogens is 1. The maximum absolute atomic E-state index is 13.7. The highest BCUT2D eigenvalue weighted by Crippen LogP contribution is 2.34. The summed E-state index contributed by atoms with van der Waals surface area (Å²) in [4.78, 5) is 22.0. The van der Waals surface area contributed by atoms with Crippen molar-refractivity contribution in [3.05, 3.63) is 39.7 Å². The lowest BCUT2D eigenvalue weighted by Crippen LogP contribution is -2.48. The van der Waals surface area contributed by atoms with Gasteiger partial charge in [0.2, 0.25) is 5.91 Å². The largest absolute Gasteiger partial charge is 0.308 e. The minimum Gasteiger partial charge on any atom is -0.308 e. The van der Waals surface area contributed by atoms with Gasteiger partial charge in [-0.3, -0.25) is 9.69 Å². The highest BCUT2D eigenvalue weighted by Gasteiger charge is 2.36. The second-order valence-electron chi connectivity index (χ2n) is 8.16. The molecular formula is C21H24Cl2N4O3S3. The van der Waals surface area contributed by atoms with Crippen molar-refractivity contribution in [3.63, 3.8) is 0 Å². The van der Waals surface area contributed by atoms with Crippen LogP contribution in [0.1, 0.15) is 12.8 Å². The molecule has 1 unspecified atom stereocenters. The first-order chi connectivity index (χ1) is 15.6. The first-order valence-corrected chi connectivity index (χ1v) is 14.3. The van der Waals surface area contributed by atoms with E-state index in [4.69, 9.17) is 23.2 Å². The maximum atomic E-state index is 13.7. The van der Waals surface area contributed by atoms with Gasteiger partial charge in [0.1, 0.15) is 4.21 Å².